The Kier molecular flexibility index (Phi) is 5.85. The first-order chi connectivity index (χ1) is 9.70. The maximum Gasteiger partial charge on any atom is 0.221 e. The minimum absolute atomic E-state index is 0.161. The van der Waals surface area contributed by atoms with E-state index in [1.54, 1.807) is 0 Å². The summed E-state index contributed by atoms with van der Waals surface area (Å²) in [5.41, 5.74) is 6.29. The van der Waals surface area contributed by atoms with Crippen LogP contribution < -0.4 is 11.1 Å². The molecule has 0 unspecified atom stereocenters. The summed E-state index contributed by atoms with van der Waals surface area (Å²) in [4.78, 5) is 14.4. The van der Waals surface area contributed by atoms with Gasteiger partial charge in [-0.2, -0.15) is 0 Å². The van der Waals surface area contributed by atoms with Gasteiger partial charge in [-0.1, -0.05) is 26.2 Å². The molecular formula is C16H31N3O. The van der Waals surface area contributed by atoms with Gasteiger partial charge < -0.3 is 11.1 Å². The number of hydrogen-bond donors (Lipinski definition) is 2. The topological polar surface area (TPSA) is 58.4 Å². The number of nitrogens with zero attached hydrogens (tertiary/aromatic N) is 1. The third-order valence-electron chi connectivity index (χ3n) is 4.88. The molecule has 0 spiro atoms. The van der Waals surface area contributed by atoms with Crippen molar-refractivity contribution < 1.29 is 4.79 Å². The molecule has 3 N–H and O–H groups in total. The molecule has 0 bridgehead atoms. The van der Waals surface area contributed by atoms with Crippen LogP contribution in [0.25, 0.3) is 0 Å². The van der Waals surface area contributed by atoms with Gasteiger partial charge >= 0.3 is 0 Å². The average molecular weight is 281 g/mol. The highest BCUT2D eigenvalue weighted by atomic mass is 16.1. The lowest BCUT2D eigenvalue weighted by Crippen LogP contribution is -2.56. The molecule has 0 aromatic heterocycles. The van der Waals surface area contributed by atoms with Gasteiger partial charge in [-0.3, -0.25) is 9.69 Å². The zero-order chi connectivity index (χ0) is 14.4. The van der Waals surface area contributed by atoms with Gasteiger partial charge in [0.25, 0.3) is 0 Å². The van der Waals surface area contributed by atoms with Crippen molar-refractivity contribution in [2.24, 2.45) is 5.73 Å². The molecule has 0 aliphatic heterocycles. The molecule has 20 heavy (non-hydrogen) atoms. The number of carbonyl (C=O) groups excluding carboxylic acids is 1. The lowest BCUT2D eigenvalue weighted by Gasteiger charge is -2.46. The van der Waals surface area contributed by atoms with Crippen LogP contribution in [0.4, 0.5) is 0 Å². The van der Waals surface area contributed by atoms with Crippen molar-refractivity contribution in [3.8, 4) is 0 Å². The fourth-order valence-electron chi connectivity index (χ4n) is 3.48. The van der Waals surface area contributed by atoms with Crippen LogP contribution in [-0.2, 0) is 4.79 Å². The van der Waals surface area contributed by atoms with Gasteiger partial charge in [-0.05, 0) is 38.6 Å². The summed E-state index contributed by atoms with van der Waals surface area (Å²) in [5.74, 6) is 0.219. The fraction of sp³-hybridized carbons (Fsp3) is 0.938. The Morgan fingerprint density at radius 3 is 2.50 bits per heavy atom. The molecule has 2 rings (SSSR count). The summed E-state index contributed by atoms with van der Waals surface area (Å²) >= 11 is 0. The Labute approximate surface area is 123 Å². The molecule has 1 amide bonds. The summed E-state index contributed by atoms with van der Waals surface area (Å²) in [6.07, 6.45) is 10.4. The molecule has 0 saturated heterocycles. The van der Waals surface area contributed by atoms with E-state index in [1.165, 1.54) is 32.1 Å². The van der Waals surface area contributed by atoms with Crippen molar-refractivity contribution in [3.05, 3.63) is 0 Å². The summed E-state index contributed by atoms with van der Waals surface area (Å²) in [5, 5.41) is 3.09. The Hall–Kier alpha value is -0.610. The van der Waals surface area contributed by atoms with Crippen LogP contribution in [0.2, 0.25) is 0 Å². The first-order valence-corrected chi connectivity index (χ1v) is 8.44. The van der Waals surface area contributed by atoms with Gasteiger partial charge in [-0.25, -0.2) is 0 Å². The van der Waals surface area contributed by atoms with Crippen LogP contribution in [0.1, 0.15) is 64.7 Å². The van der Waals surface area contributed by atoms with E-state index in [2.05, 4.69) is 17.1 Å². The molecule has 2 fully saturated rings. The summed E-state index contributed by atoms with van der Waals surface area (Å²) in [7, 11) is 0. The van der Waals surface area contributed by atoms with E-state index in [-0.39, 0.29) is 11.4 Å². The molecular weight excluding hydrogens is 250 g/mol. The fourth-order valence-corrected chi connectivity index (χ4v) is 3.48. The molecule has 2 saturated carbocycles. The third kappa shape index (κ3) is 4.19. The smallest absolute Gasteiger partial charge is 0.221 e. The van der Waals surface area contributed by atoms with Crippen LogP contribution in [0.3, 0.4) is 0 Å². The second kappa shape index (κ2) is 7.41. The normalized spacial score (nSPS) is 21.9. The first kappa shape index (κ1) is 15.8. The Morgan fingerprint density at radius 1 is 1.25 bits per heavy atom. The van der Waals surface area contributed by atoms with Gasteiger partial charge in [0.05, 0.1) is 0 Å². The van der Waals surface area contributed by atoms with Crippen LogP contribution >= 0.6 is 0 Å². The number of hydrogen-bond acceptors (Lipinski definition) is 3. The number of amides is 1. The predicted molar refractivity (Wildman–Crippen MR) is 82.5 cm³/mol. The first-order valence-electron chi connectivity index (χ1n) is 8.44. The minimum Gasteiger partial charge on any atom is -0.353 e. The van der Waals surface area contributed by atoms with E-state index >= 15 is 0 Å². The Bertz CT molecular complexity index is 309. The van der Waals surface area contributed by atoms with Crippen LogP contribution in [0, 0.1) is 0 Å². The Balaban J connectivity index is 1.88. The summed E-state index contributed by atoms with van der Waals surface area (Å²) < 4.78 is 0. The lowest BCUT2D eigenvalue weighted by atomic mass is 9.80. The summed E-state index contributed by atoms with van der Waals surface area (Å²) in [6, 6.07) is 0.472. The quantitative estimate of drug-likeness (QED) is 0.716. The van der Waals surface area contributed by atoms with Crippen molar-refractivity contribution in [2.45, 2.75) is 76.3 Å². The van der Waals surface area contributed by atoms with Crippen molar-refractivity contribution >= 4 is 5.91 Å². The SMILES string of the molecule is CCCN(CCC(=O)NC1CC1)C1(CN)CCCCC1. The Morgan fingerprint density at radius 2 is 1.95 bits per heavy atom. The maximum absolute atomic E-state index is 11.9. The van der Waals surface area contributed by atoms with Crippen molar-refractivity contribution in [3.63, 3.8) is 0 Å². The van der Waals surface area contributed by atoms with Crippen LogP contribution in [0.5, 0.6) is 0 Å². The van der Waals surface area contributed by atoms with E-state index in [0.717, 1.165) is 38.9 Å². The molecule has 116 valence electrons. The van der Waals surface area contributed by atoms with Gasteiger partial charge in [0.1, 0.15) is 0 Å². The van der Waals surface area contributed by atoms with Crippen LogP contribution in [-0.4, -0.2) is 42.0 Å². The standard InChI is InChI=1S/C16H31N3O/c1-2-11-19(12-8-15(20)18-14-6-7-14)16(13-17)9-4-3-5-10-16/h14H,2-13,17H2,1H3,(H,18,20). The van der Waals surface area contributed by atoms with Crippen molar-refractivity contribution in [1.29, 1.82) is 0 Å². The average Bonchev–Trinajstić information content (AvgIpc) is 3.28. The molecule has 4 heteroatoms. The summed E-state index contributed by atoms with van der Waals surface area (Å²) in [6.45, 7) is 4.87. The molecule has 0 heterocycles. The zero-order valence-corrected chi connectivity index (χ0v) is 13.0. The molecule has 0 atom stereocenters. The highest BCUT2D eigenvalue weighted by Crippen LogP contribution is 2.33. The number of rotatable bonds is 8. The lowest BCUT2D eigenvalue weighted by molar-refractivity contribution is -0.122. The second-order valence-corrected chi connectivity index (χ2v) is 6.57. The van der Waals surface area contributed by atoms with Crippen molar-refractivity contribution in [1.82, 2.24) is 10.2 Å². The predicted octanol–water partition coefficient (Wildman–Crippen LogP) is 2.03. The molecule has 0 aromatic rings. The zero-order valence-electron chi connectivity index (χ0n) is 13.0. The maximum atomic E-state index is 11.9. The molecule has 4 nitrogen and oxygen atoms in total. The highest BCUT2D eigenvalue weighted by Gasteiger charge is 2.36. The van der Waals surface area contributed by atoms with E-state index in [0.29, 0.717) is 12.5 Å². The van der Waals surface area contributed by atoms with Gasteiger partial charge in [-0.15, -0.1) is 0 Å². The molecule has 0 aromatic carbocycles. The number of nitrogens with one attached hydrogen (secondary N) is 1. The molecule has 2 aliphatic carbocycles. The number of carbonyl (C=O) groups is 1. The van der Waals surface area contributed by atoms with E-state index in [9.17, 15) is 4.79 Å². The van der Waals surface area contributed by atoms with E-state index < -0.39 is 0 Å². The monoisotopic (exact) mass is 281 g/mol. The van der Waals surface area contributed by atoms with Crippen molar-refractivity contribution in [2.75, 3.05) is 19.6 Å². The number of nitrogens with two attached hydrogens (primary N) is 1. The second-order valence-electron chi connectivity index (χ2n) is 6.57. The molecule has 2 aliphatic rings. The third-order valence-corrected chi connectivity index (χ3v) is 4.88. The van der Waals surface area contributed by atoms with E-state index in [4.69, 9.17) is 5.73 Å². The highest BCUT2D eigenvalue weighted by molar-refractivity contribution is 5.76. The van der Waals surface area contributed by atoms with Crippen LogP contribution in [0.15, 0.2) is 0 Å². The molecule has 0 radical (unpaired) electrons. The van der Waals surface area contributed by atoms with Gasteiger partial charge in [0, 0.05) is 31.1 Å². The van der Waals surface area contributed by atoms with Gasteiger partial charge in [0.2, 0.25) is 5.91 Å². The van der Waals surface area contributed by atoms with E-state index in [1.807, 2.05) is 0 Å². The minimum atomic E-state index is 0.161. The van der Waals surface area contributed by atoms with Gasteiger partial charge in [0.15, 0.2) is 0 Å². The largest absolute Gasteiger partial charge is 0.353 e.